The monoisotopic (exact) mass is 383 g/mol. The van der Waals surface area contributed by atoms with E-state index in [1.807, 2.05) is 61.8 Å². The average Bonchev–Trinajstić information content (AvgIpc) is 2.77. The topological polar surface area (TPSA) is 73.7 Å². The first-order valence-electron chi connectivity index (χ1n) is 9.90. The van der Waals surface area contributed by atoms with Crippen molar-refractivity contribution in [3.63, 3.8) is 0 Å². The van der Waals surface area contributed by atoms with Crippen LogP contribution in [0.5, 0.6) is 0 Å². The summed E-state index contributed by atoms with van der Waals surface area (Å²) in [5.74, 6) is 0.674. The molecule has 0 aliphatic heterocycles. The normalized spacial score (nSPS) is 16.0. The molecule has 5 heteroatoms. The Bertz CT molecular complexity index is 1040. The summed E-state index contributed by atoms with van der Waals surface area (Å²) in [6, 6.07) is 20.3. The van der Waals surface area contributed by atoms with Gasteiger partial charge in [0, 0.05) is 41.8 Å². The molecule has 1 aliphatic rings. The van der Waals surface area contributed by atoms with Gasteiger partial charge in [-0.3, -0.25) is 0 Å². The van der Waals surface area contributed by atoms with Crippen LogP contribution in [0.25, 0.3) is 5.57 Å². The molecular weight excluding hydrogens is 358 g/mol. The molecule has 3 aromatic rings. The van der Waals surface area contributed by atoms with E-state index < -0.39 is 0 Å². The Hall–Kier alpha value is -3.47. The highest BCUT2D eigenvalue weighted by Crippen LogP contribution is 2.34. The van der Waals surface area contributed by atoms with Crippen LogP contribution in [0.15, 0.2) is 72.6 Å². The zero-order chi connectivity index (χ0) is 20.2. The largest absolute Gasteiger partial charge is 0.390 e. The van der Waals surface area contributed by atoms with Crippen molar-refractivity contribution in [2.45, 2.75) is 25.7 Å². The molecule has 1 unspecified atom stereocenters. The second-order valence-corrected chi connectivity index (χ2v) is 7.21. The summed E-state index contributed by atoms with van der Waals surface area (Å²) in [4.78, 5) is 9.32. The lowest BCUT2D eigenvalue weighted by atomic mass is 9.84. The first-order valence-corrected chi connectivity index (χ1v) is 9.90. The minimum atomic E-state index is 0.128. The lowest BCUT2D eigenvalue weighted by Crippen LogP contribution is -2.23. The maximum atomic E-state index is 8.68. The summed E-state index contributed by atoms with van der Waals surface area (Å²) >= 11 is 0. The molecule has 29 heavy (non-hydrogen) atoms. The van der Waals surface area contributed by atoms with Gasteiger partial charge in [0.1, 0.15) is 0 Å². The quantitative estimate of drug-likeness (QED) is 0.585. The van der Waals surface area contributed by atoms with E-state index in [0.29, 0.717) is 18.1 Å². The number of aryl methyl sites for hydroxylation is 1. The third-order valence-corrected chi connectivity index (χ3v) is 5.35. The molecule has 2 aromatic carbocycles. The zero-order valence-corrected chi connectivity index (χ0v) is 16.7. The average molecular weight is 383 g/mol. The fourth-order valence-corrected chi connectivity index (χ4v) is 3.80. The van der Waals surface area contributed by atoms with Crippen molar-refractivity contribution in [1.82, 2.24) is 15.3 Å². The summed E-state index contributed by atoms with van der Waals surface area (Å²) in [7, 11) is 1.92. The highest BCUT2D eigenvalue weighted by Gasteiger charge is 2.27. The van der Waals surface area contributed by atoms with Gasteiger partial charge >= 0.3 is 0 Å². The van der Waals surface area contributed by atoms with E-state index in [0.717, 1.165) is 34.6 Å². The Kier molecular flexibility index (Phi) is 5.38. The third-order valence-electron chi connectivity index (χ3n) is 5.35. The van der Waals surface area contributed by atoms with Gasteiger partial charge in [-0.2, -0.15) is 0 Å². The van der Waals surface area contributed by atoms with E-state index in [2.05, 4.69) is 34.7 Å². The Balaban J connectivity index is 1.79. The van der Waals surface area contributed by atoms with Gasteiger partial charge in [0.2, 0.25) is 5.95 Å². The van der Waals surface area contributed by atoms with E-state index in [1.165, 1.54) is 5.56 Å². The summed E-state index contributed by atoms with van der Waals surface area (Å²) in [5.41, 5.74) is 6.62. The van der Waals surface area contributed by atoms with Crippen molar-refractivity contribution >= 4 is 22.9 Å². The molecule has 1 heterocycles. The molecular formula is C24H25N5. The number of nitrogens with zero attached hydrogens (tertiary/aromatic N) is 2. The molecule has 0 radical (unpaired) electrons. The number of para-hydroxylation sites is 1. The predicted octanol–water partition coefficient (Wildman–Crippen LogP) is 4.92. The van der Waals surface area contributed by atoms with Gasteiger partial charge < -0.3 is 16.0 Å². The Morgan fingerprint density at radius 3 is 2.38 bits per heavy atom. The van der Waals surface area contributed by atoms with Crippen LogP contribution in [0, 0.1) is 5.41 Å². The number of benzene rings is 2. The van der Waals surface area contributed by atoms with Crippen LogP contribution in [-0.4, -0.2) is 22.7 Å². The third kappa shape index (κ3) is 3.90. The smallest absolute Gasteiger partial charge is 0.227 e. The van der Waals surface area contributed by atoms with Crippen molar-refractivity contribution < 1.29 is 0 Å². The molecule has 1 atom stereocenters. The molecule has 3 N–H and O–H groups in total. The van der Waals surface area contributed by atoms with E-state index in [9.17, 15) is 0 Å². The van der Waals surface area contributed by atoms with E-state index in [4.69, 9.17) is 10.4 Å². The molecule has 0 bridgehead atoms. The van der Waals surface area contributed by atoms with Gasteiger partial charge in [0.05, 0.1) is 5.69 Å². The molecule has 146 valence electrons. The number of allylic oxidation sites excluding steroid dienone is 2. The van der Waals surface area contributed by atoms with Crippen LogP contribution in [0.1, 0.15) is 36.1 Å². The molecule has 5 nitrogen and oxygen atoms in total. The van der Waals surface area contributed by atoms with Crippen LogP contribution in [0.3, 0.4) is 0 Å². The second-order valence-electron chi connectivity index (χ2n) is 7.21. The van der Waals surface area contributed by atoms with Gasteiger partial charge in [-0.05, 0) is 36.1 Å². The number of likely N-dealkylation sites (N-methyl/N-ethyl adjacent to an activating group) is 1. The van der Waals surface area contributed by atoms with Crippen molar-refractivity contribution in [3.8, 4) is 0 Å². The second kappa shape index (κ2) is 8.27. The lowest BCUT2D eigenvalue weighted by Gasteiger charge is -2.26. The van der Waals surface area contributed by atoms with Crippen LogP contribution < -0.4 is 10.6 Å². The van der Waals surface area contributed by atoms with Crippen LogP contribution in [0.4, 0.5) is 11.6 Å². The summed E-state index contributed by atoms with van der Waals surface area (Å²) in [6.07, 6.45) is 3.38. The fourth-order valence-electron chi connectivity index (χ4n) is 3.80. The highest BCUT2D eigenvalue weighted by molar-refractivity contribution is 6.24. The van der Waals surface area contributed by atoms with Gasteiger partial charge in [0.25, 0.3) is 0 Å². The van der Waals surface area contributed by atoms with Gasteiger partial charge in [0.15, 0.2) is 0 Å². The number of hydrogen-bond acceptors (Lipinski definition) is 5. The van der Waals surface area contributed by atoms with E-state index in [1.54, 1.807) is 0 Å². The molecule has 0 saturated carbocycles. The number of fused-ring (bicyclic) bond motifs is 1. The van der Waals surface area contributed by atoms with Gasteiger partial charge in [-0.15, -0.1) is 0 Å². The minimum Gasteiger partial charge on any atom is -0.390 e. The first-order chi connectivity index (χ1) is 14.2. The fraction of sp³-hybridized carbons (Fsp3) is 0.208. The van der Waals surface area contributed by atoms with Crippen LogP contribution >= 0.6 is 0 Å². The Morgan fingerprint density at radius 2 is 1.69 bits per heavy atom. The first kappa shape index (κ1) is 18.9. The van der Waals surface area contributed by atoms with Crippen molar-refractivity contribution in [2.24, 2.45) is 0 Å². The van der Waals surface area contributed by atoms with E-state index >= 15 is 0 Å². The highest BCUT2D eigenvalue weighted by atomic mass is 15.1. The lowest BCUT2D eigenvalue weighted by molar-refractivity contribution is 0.792. The standard InChI is InChI=1S/C24H25N5/c1-16(17-9-5-3-6-10-17)22(26-2)21-20(25)14-13-18-15-27-24(29-23(18)21)28-19-11-7-4-8-12-19/h3-12,15-16,25-26H,13-14H2,1-2H3,(H,27,28,29)/b22-21+,25-20?. The molecule has 1 aliphatic carbocycles. The van der Waals surface area contributed by atoms with Crippen molar-refractivity contribution in [3.05, 3.63) is 89.4 Å². The molecule has 0 spiro atoms. The SMILES string of the molecule is CN/C(=C1\C(=N)CCc2cnc(Nc3ccccc3)nc21)C(C)c1ccccc1. The van der Waals surface area contributed by atoms with Crippen LogP contribution in [0.2, 0.25) is 0 Å². The number of rotatable bonds is 5. The van der Waals surface area contributed by atoms with Gasteiger partial charge in [-0.25, -0.2) is 9.97 Å². The number of hydrogen-bond donors (Lipinski definition) is 3. The molecule has 0 saturated heterocycles. The summed E-state index contributed by atoms with van der Waals surface area (Å²) in [5, 5.41) is 15.3. The molecule has 0 amide bonds. The summed E-state index contributed by atoms with van der Waals surface area (Å²) in [6.45, 7) is 2.17. The number of anilines is 2. The zero-order valence-electron chi connectivity index (χ0n) is 16.7. The maximum Gasteiger partial charge on any atom is 0.227 e. The predicted molar refractivity (Wildman–Crippen MR) is 119 cm³/mol. The number of aromatic nitrogens is 2. The van der Waals surface area contributed by atoms with Crippen molar-refractivity contribution in [1.29, 1.82) is 5.41 Å². The van der Waals surface area contributed by atoms with E-state index in [-0.39, 0.29) is 5.92 Å². The van der Waals surface area contributed by atoms with Crippen LogP contribution in [-0.2, 0) is 6.42 Å². The molecule has 0 fully saturated rings. The maximum absolute atomic E-state index is 8.68. The summed E-state index contributed by atoms with van der Waals surface area (Å²) < 4.78 is 0. The molecule has 4 rings (SSSR count). The minimum absolute atomic E-state index is 0.128. The molecule has 1 aromatic heterocycles. The van der Waals surface area contributed by atoms with Gasteiger partial charge in [-0.1, -0.05) is 55.5 Å². The Labute approximate surface area is 171 Å². The number of nitrogens with one attached hydrogen (secondary N) is 3. The van der Waals surface area contributed by atoms with Crippen molar-refractivity contribution in [2.75, 3.05) is 12.4 Å². The Morgan fingerprint density at radius 1 is 1.00 bits per heavy atom.